The molecule has 0 bridgehead atoms. The van der Waals surface area contributed by atoms with Gasteiger partial charge in [-0.25, -0.2) is 0 Å². The van der Waals surface area contributed by atoms with Crippen LogP contribution in [0.5, 0.6) is 0 Å². The number of anilines is 1. The Hall–Kier alpha value is -1.76. The molecule has 0 atom stereocenters. The first-order valence-electron chi connectivity index (χ1n) is 11.7. The van der Waals surface area contributed by atoms with Gasteiger partial charge in [-0.05, 0) is 85.6 Å². The van der Waals surface area contributed by atoms with Crippen LogP contribution < -0.4 is 5.73 Å². The molecular weight excluding hydrogens is 338 g/mol. The summed E-state index contributed by atoms with van der Waals surface area (Å²) in [6.45, 7) is 2.30. The van der Waals surface area contributed by atoms with Gasteiger partial charge in [0.25, 0.3) is 0 Å². The molecule has 0 radical (unpaired) electrons. The van der Waals surface area contributed by atoms with Crippen molar-refractivity contribution in [2.24, 2.45) is 5.92 Å². The summed E-state index contributed by atoms with van der Waals surface area (Å²) in [5.74, 6) is 1.80. The van der Waals surface area contributed by atoms with Crippen LogP contribution in [0.25, 0.3) is 0 Å². The number of aryl methyl sites for hydroxylation is 2. The highest BCUT2D eigenvalue weighted by molar-refractivity contribution is 5.39. The third kappa shape index (κ3) is 6.69. The molecule has 1 fully saturated rings. The molecule has 0 heterocycles. The van der Waals surface area contributed by atoms with E-state index in [0.717, 1.165) is 30.4 Å². The minimum atomic E-state index is 0.802. The van der Waals surface area contributed by atoms with Gasteiger partial charge in [0.2, 0.25) is 0 Å². The van der Waals surface area contributed by atoms with E-state index in [1.54, 1.807) is 5.56 Å². The number of nitrogen functional groups attached to an aromatic ring is 1. The van der Waals surface area contributed by atoms with Gasteiger partial charge < -0.3 is 5.73 Å². The van der Waals surface area contributed by atoms with Crippen LogP contribution in [0.15, 0.2) is 48.5 Å². The number of hydrogen-bond donors (Lipinski definition) is 1. The van der Waals surface area contributed by atoms with Crippen molar-refractivity contribution >= 4 is 5.69 Å². The molecule has 1 heteroatoms. The smallest absolute Gasteiger partial charge is 0.0314 e. The number of rotatable bonds is 10. The maximum Gasteiger partial charge on any atom is 0.0314 e. The van der Waals surface area contributed by atoms with Crippen molar-refractivity contribution in [3.05, 3.63) is 65.2 Å². The van der Waals surface area contributed by atoms with E-state index in [1.165, 1.54) is 75.3 Å². The van der Waals surface area contributed by atoms with E-state index in [-0.39, 0.29) is 0 Å². The molecule has 2 aromatic carbocycles. The Labute approximate surface area is 172 Å². The fourth-order valence-corrected chi connectivity index (χ4v) is 4.78. The zero-order valence-corrected chi connectivity index (χ0v) is 17.8. The van der Waals surface area contributed by atoms with Crippen LogP contribution in [0, 0.1) is 5.92 Å². The largest absolute Gasteiger partial charge is 0.399 e. The molecule has 1 saturated carbocycles. The minimum absolute atomic E-state index is 0.802. The average Bonchev–Trinajstić information content (AvgIpc) is 2.74. The predicted octanol–water partition coefficient (Wildman–Crippen LogP) is 7.69. The molecule has 0 aliphatic heterocycles. The molecule has 2 N–H and O–H groups in total. The van der Waals surface area contributed by atoms with Crippen LogP contribution in [0.2, 0.25) is 0 Å². The number of nitrogens with two attached hydrogens (primary N) is 1. The summed E-state index contributed by atoms with van der Waals surface area (Å²) in [6, 6.07) is 17.9. The second-order valence-corrected chi connectivity index (χ2v) is 8.90. The number of unbranched alkanes of at least 4 members (excludes halogenated alkanes) is 3. The quantitative estimate of drug-likeness (QED) is 0.333. The zero-order valence-electron chi connectivity index (χ0n) is 17.8. The van der Waals surface area contributed by atoms with E-state index in [9.17, 15) is 0 Å². The standard InChI is InChI=1S/C27H39N/c1-2-3-4-5-7-22-10-16-25(17-11-22)26-18-12-23(13-19-26)8-6-9-24-14-20-27(28)21-15-24/h12-15,18-22,25H,2-11,16-17,28H2,1H3. The first-order valence-corrected chi connectivity index (χ1v) is 11.7. The molecule has 1 aliphatic rings. The van der Waals surface area contributed by atoms with E-state index in [2.05, 4.69) is 43.3 Å². The fraction of sp³-hybridized carbons (Fsp3) is 0.556. The summed E-state index contributed by atoms with van der Waals surface area (Å²) in [4.78, 5) is 0. The number of benzene rings is 2. The summed E-state index contributed by atoms with van der Waals surface area (Å²) < 4.78 is 0. The lowest BCUT2D eigenvalue weighted by Gasteiger charge is -2.29. The molecule has 152 valence electrons. The Morgan fingerprint density at radius 2 is 1.32 bits per heavy atom. The third-order valence-corrected chi connectivity index (χ3v) is 6.67. The molecule has 28 heavy (non-hydrogen) atoms. The molecule has 3 rings (SSSR count). The SMILES string of the molecule is CCCCCCC1CCC(c2ccc(CCCc3ccc(N)cc3)cc2)CC1. The van der Waals surface area contributed by atoms with Crippen molar-refractivity contribution in [2.75, 3.05) is 5.73 Å². The van der Waals surface area contributed by atoms with Crippen LogP contribution >= 0.6 is 0 Å². The lowest BCUT2D eigenvalue weighted by atomic mass is 9.77. The molecule has 0 unspecified atom stereocenters. The Bertz CT molecular complexity index is 662. The monoisotopic (exact) mass is 377 g/mol. The van der Waals surface area contributed by atoms with Gasteiger partial charge in [-0.2, -0.15) is 0 Å². The van der Waals surface area contributed by atoms with Crippen molar-refractivity contribution in [3.63, 3.8) is 0 Å². The van der Waals surface area contributed by atoms with Gasteiger partial charge in [0.1, 0.15) is 0 Å². The molecule has 0 saturated heterocycles. The molecule has 1 aliphatic carbocycles. The highest BCUT2D eigenvalue weighted by Gasteiger charge is 2.21. The third-order valence-electron chi connectivity index (χ3n) is 6.67. The first-order chi connectivity index (χ1) is 13.7. The van der Waals surface area contributed by atoms with Gasteiger partial charge in [0.05, 0.1) is 0 Å². The highest BCUT2D eigenvalue weighted by Crippen LogP contribution is 2.37. The Morgan fingerprint density at radius 3 is 1.93 bits per heavy atom. The summed E-state index contributed by atoms with van der Waals surface area (Å²) in [6.07, 6.45) is 16.3. The van der Waals surface area contributed by atoms with Crippen molar-refractivity contribution in [1.29, 1.82) is 0 Å². The van der Waals surface area contributed by atoms with E-state index in [0.29, 0.717) is 0 Å². The van der Waals surface area contributed by atoms with Crippen molar-refractivity contribution in [1.82, 2.24) is 0 Å². The predicted molar refractivity (Wildman–Crippen MR) is 123 cm³/mol. The molecule has 2 aromatic rings. The summed E-state index contributed by atoms with van der Waals surface area (Å²) in [5, 5.41) is 0. The van der Waals surface area contributed by atoms with Gasteiger partial charge in [-0.3, -0.25) is 0 Å². The minimum Gasteiger partial charge on any atom is -0.399 e. The van der Waals surface area contributed by atoms with E-state index >= 15 is 0 Å². The normalized spacial score (nSPS) is 19.6. The van der Waals surface area contributed by atoms with Gasteiger partial charge in [-0.1, -0.05) is 75.4 Å². The van der Waals surface area contributed by atoms with E-state index < -0.39 is 0 Å². The van der Waals surface area contributed by atoms with Gasteiger partial charge in [-0.15, -0.1) is 0 Å². The summed E-state index contributed by atoms with van der Waals surface area (Å²) >= 11 is 0. The lowest BCUT2D eigenvalue weighted by Crippen LogP contribution is -2.13. The number of hydrogen-bond acceptors (Lipinski definition) is 1. The second kappa shape index (κ2) is 11.3. The topological polar surface area (TPSA) is 26.0 Å². The van der Waals surface area contributed by atoms with Crippen LogP contribution in [0.4, 0.5) is 5.69 Å². The summed E-state index contributed by atoms with van der Waals surface area (Å²) in [7, 11) is 0. The van der Waals surface area contributed by atoms with Gasteiger partial charge in [0.15, 0.2) is 0 Å². The van der Waals surface area contributed by atoms with Crippen LogP contribution in [-0.2, 0) is 12.8 Å². The Kier molecular flexibility index (Phi) is 8.45. The molecular formula is C27H39N. The Morgan fingerprint density at radius 1 is 0.714 bits per heavy atom. The van der Waals surface area contributed by atoms with Gasteiger partial charge in [0, 0.05) is 5.69 Å². The van der Waals surface area contributed by atoms with Crippen molar-refractivity contribution in [3.8, 4) is 0 Å². The highest BCUT2D eigenvalue weighted by atomic mass is 14.5. The van der Waals surface area contributed by atoms with E-state index in [4.69, 9.17) is 5.73 Å². The second-order valence-electron chi connectivity index (χ2n) is 8.90. The van der Waals surface area contributed by atoms with E-state index in [1.807, 2.05) is 12.1 Å². The lowest BCUT2D eigenvalue weighted by molar-refractivity contribution is 0.302. The van der Waals surface area contributed by atoms with Crippen LogP contribution in [0.3, 0.4) is 0 Å². The Balaban J connectivity index is 1.38. The average molecular weight is 378 g/mol. The fourth-order valence-electron chi connectivity index (χ4n) is 4.78. The van der Waals surface area contributed by atoms with Crippen LogP contribution in [0.1, 0.15) is 93.7 Å². The van der Waals surface area contributed by atoms with Crippen molar-refractivity contribution in [2.45, 2.75) is 89.9 Å². The first kappa shape index (κ1) is 21.0. The molecule has 0 aromatic heterocycles. The summed E-state index contributed by atoms with van der Waals surface area (Å²) in [5.41, 5.74) is 11.1. The molecule has 1 nitrogen and oxygen atoms in total. The molecule has 0 amide bonds. The van der Waals surface area contributed by atoms with Gasteiger partial charge >= 0.3 is 0 Å². The zero-order chi connectivity index (χ0) is 19.6. The van der Waals surface area contributed by atoms with Crippen molar-refractivity contribution < 1.29 is 0 Å². The van der Waals surface area contributed by atoms with Crippen LogP contribution in [-0.4, -0.2) is 0 Å². The molecule has 0 spiro atoms. The maximum atomic E-state index is 5.76. The maximum absolute atomic E-state index is 5.76.